The van der Waals surface area contributed by atoms with Gasteiger partial charge in [-0.05, 0) is 64.2 Å². The quantitative estimate of drug-likeness (QED) is 0.823. The van der Waals surface area contributed by atoms with Crippen molar-refractivity contribution in [3.63, 3.8) is 0 Å². The molecule has 0 bridgehead atoms. The highest BCUT2D eigenvalue weighted by Gasteiger charge is 2.35. The van der Waals surface area contributed by atoms with Crippen LogP contribution in [0.2, 0.25) is 0 Å². The van der Waals surface area contributed by atoms with Gasteiger partial charge in [-0.3, -0.25) is 4.90 Å². The molecular weight excluding hydrogens is 234 g/mol. The Morgan fingerprint density at radius 3 is 2.58 bits per heavy atom. The smallest absolute Gasteiger partial charge is 0.0218 e. The maximum Gasteiger partial charge on any atom is 0.0218 e. The van der Waals surface area contributed by atoms with Crippen molar-refractivity contribution >= 4 is 0 Å². The molecule has 0 aromatic heterocycles. The summed E-state index contributed by atoms with van der Waals surface area (Å²) in [6.45, 7) is 11.2. The van der Waals surface area contributed by atoms with Gasteiger partial charge in [-0.2, -0.15) is 0 Å². The molecule has 3 unspecified atom stereocenters. The molecule has 0 radical (unpaired) electrons. The molecule has 19 heavy (non-hydrogen) atoms. The molecule has 3 heteroatoms. The lowest BCUT2D eigenvalue weighted by molar-refractivity contribution is 0.0829. The van der Waals surface area contributed by atoms with Crippen LogP contribution >= 0.6 is 0 Å². The first kappa shape index (κ1) is 13.8. The van der Waals surface area contributed by atoms with Crippen molar-refractivity contribution < 1.29 is 0 Å². The van der Waals surface area contributed by atoms with Gasteiger partial charge < -0.3 is 10.2 Å². The van der Waals surface area contributed by atoms with Crippen LogP contribution in [0.4, 0.5) is 0 Å². The summed E-state index contributed by atoms with van der Waals surface area (Å²) in [5.41, 5.74) is 0. The Labute approximate surface area is 118 Å². The number of hydrogen-bond donors (Lipinski definition) is 1. The van der Waals surface area contributed by atoms with E-state index >= 15 is 0 Å². The summed E-state index contributed by atoms with van der Waals surface area (Å²) in [7, 11) is 0. The number of rotatable bonds is 2. The molecule has 3 saturated heterocycles. The highest BCUT2D eigenvalue weighted by Crippen LogP contribution is 2.30. The molecule has 3 fully saturated rings. The Morgan fingerprint density at radius 1 is 0.947 bits per heavy atom. The second kappa shape index (κ2) is 6.11. The Hall–Kier alpha value is -0.120. The maximum atomic E-state index is 3.74. The normalized spacial score (nSPS) is 38.4. The zero-order valence-electron chi connectivity index (χ0n) is 12.8. The molecule has 3 heterocycles. The Bertz CT molecular complexity index is 292. The highest BCUT2D eigenvalue weighted by atomic mass is 15.2. The van der Waals surface area contributed by atoms with Crippen LogP contribution in [0.5, 0.6) is 0 Å². The largest absolute Gasteiger partial charge is 0.312 e. The van der Waals surface area contributed by atoms with E-state index in [1.165, 1.54) is 64.8 Å². The van der Waals surface area contributed by atoms with E-state index in [0.29, 0.717) is 6.04 Å². The number of piperidine rings is 1. The fraction of sp³-hybridized carbons (Fsp3) is 1.00. The zero-order chi connectivity index (χ0) is 13.2. The molecule has 110 valence electrons. The molecule has 3 rings (SSSR count). The molecule has 1 N–H and O–H groups in total. The van der Waals surface area contributed by atoms with Gasteiger partial charge in [0.25, 0.3) is 0 Å². The lowest BCUT2D eigenvalue weighted by Crippen LogP contribution is -2.50. The van der Waals surface area contributed by atoms with E-state index in [0.717, 1.165) is 18.0 Å². The van der Waals surface area contributed by atoms with Gasteiger partial charge in [0.05, 0.1) is 0 Å². The molecule has 0 aromatic rings. The number of hydrogen-bond acceptors (Lipinski definition) is 3. The molecule has 0 aromatic carbocycles. The van der Waals surface area contributed by atoms with Gasteiger partial charge in [-0.1, -0.05) is 13.8 Å². The third kappa shape index (κ3) is 3.14. The molecule has 3 atom stereocenters. The van der Waals surface area contributed by atoms with Crippen LogP contribution in [0.15, 0.2) is 0 Å². The molecule has 3 aliphatic heterocycles. The minimum absolute atomic E-state index is 0.698. The van der Waals surface area contributed by atoms with E-state index in [2.05, 4.69) is 29.0 Å². The van der Waals surface area contributed by atoms with Crippen LogP contribution in [0, 0.1) is 5.92 Å². The summed E-state index contributed by atoms with van der Waals surface area (Å²) in [4.78, 5) is 5.56. The molecular formula is C16H31N3. The van der Waals surface area contributed by atoms with Crippen LogP contribution in [0.3, 0.4) is 0 Å². The molecule has 0 aliphatic carbocycles. The van der Waals surface area contributed by atoms with Gasteiger partial charge in [-0.15, -0.1) is 0 Å². The summed E-state index contributed by atoms with van der Waals surface area (Å²) in [5, 5.41) is 3.74. The zero-order valence-corrected chi connectivity index (χ0v) is 12.8. The summed E-state index contributed by atoms with van der Waals surface area (Å²) < 4.78 is 0. The lowest BCUT2D eigenvalue weighted by atomic mass is 9.95. The molecule has 0 spiro atoms. The summed E-state index contributed by atoms with van der Waals surface area (Å²) >= 11 is 0. The monoisotopic (exact) mass is 265 g/mol. The van der Waals surface area contributed by atoms with E-state index in [-0.39, 0.29) is 0 Å². The number of fused-ring (bicyclic) bond motifs is 1. The third-order valence-electron chi connectivity index (χ3n) is 5.57. The van der Waals surface area contributed by atoms with Crippen LogP contribution < -0.4 is 5.32 Å². The predicted octanol–water partition coefficient (Wildman–Crippen LogP) is 1.93. The van der Waals surface area contributed by atoms with E-state index in [4.69, 9.17) is 0 Å². The lowest BCUT2D eigenvalue weighted by Gasteiger charge is -2.41. The first-order valence-corrected chi connectivity index (χ1v) is 8.45. The van der Waals surface area contributed by atoms with E-state index < -0.39 is 0 Å². The summed E-state index contributed by atoms with van der Waals surface area (Å²) in [5.74, 6) is 0.757. The SMILES string of the molecule is CC(C)C1CN(C2CCN3CCCC3C2)CCCN1. The van der Waals surface area contributed by atoms with Gasteiger partial charge in [0.15, 0.2) is 0 Å². The van der Waals surface area contributed by atoms with Crippen LogP contribution in [-0.4, -0.2) is 60.6 Å². The first-order chi connectivity index (χ1) is 9.24. The van der Waals surface area contributed by atoms with Gasteiger partial charge in [0.1, 0.15) is 0 Å². The minimum Gasteiger partial charge on any atom is -0.312 e. The van der Waals surface area contributed by atoms with Gasteiger partial charge >= 0.3 is 0 Å². The Morgan fingerprint density at radius 2 is 1.74 bits per heavy atom. The fourth-order valence-electron chi connectivity index (χ4n) is 4.29. The summed E-state index contributed by atoms with van der Waals surface area (Å²) in [6.07, 6.45) is 7.06. The van der Waals surface area contributed by atoms with Crippen molar-refractivity contribution in [3.8, 4) is 0 Å². The third-order valence-corrected chi connectivity index (χ3v) is 5.57. The van der Waals surface area contributed by atoms with Crippen molar-refractivity contribution in [1.82, 2.24) is 15.1 Å². The van der Waals surface area contributed by atoms with Crippen LogP contribution in [-0.2, 0) is 0 Å². The minimum atomic E-state index is 0.698. The van der Waals surface area contributed by atoms with E-state index in [1.807, 2.05) is 0 Å². The Kier molecular flexibility index (Phi) is 4.45. The molecule has 3 aliphatic rings. The Balaban J connectivity index is 1.60. The molecule has 0 saturated carbocycles. The second-order valence-corrected chi connectivity index (χ2v) is 7.16. The number of nitrogens with zero attached hydrogens (tertiary/aromatic N) is 2. The molecule has 3 nitrogen and oxygen atoms in total. The fourth-order valence-corrected chi connectivity index (χ4v) is 4.29. The van der Waals surface area contributed by atoms with Gasteiger partial charge in [0.2, 0.25) is 0 Å². The number of nitrogens with one attached hydrogen (secondary N) is 1. The average molecular weight is 265 g/mol. The van der Waals surface area contributed by atoms with Gasteiger partial charge in [-0.25, -0.2) is 0 Å². The molecule has 0 amide bonds. The first-order valence-electron chi connectivity index (χ1n) is 8.45. The summed E-state index contributed by atoms with van der Waals surface area (Å²) in [6, 6.07) is 2.47. The van der Waals surface area contributed by atoms with Crippen LogP contribution in [0.1, 0.15) is 46.0 Å². The van der Waals surface area contributed by atoms with Crippen molar-refractivity contribution in [2.45, 2.75) is 64.1 Å². The average Bonchev–Trinajstić information content (AvgIpc) is 2.72. The standard InChI is InChI=1S/C16H31N3/c1-13(2)16-12-19(9-4-7-17-16)15-6-10-18-8-3-5-14(18)11-15/h13-17H,3-12H2,1-2H3. The van der Waals surface area contributed by atoms with E-state index in [9.17, 15) is 0 Å². The van der Waals surface area contributed by atoms with Crippen LogP contribution in [0.25, 0.3) is 0 Å². The van der Waals surface area contributed by atoms with Gasteiger partial charge in [0, 0.05) is 24.7 Å². The van der Waals surface area contributed by atoms with Crippen molar-refractivity contribution in [2.75, 3.05) is 32.7 Å². The van der Waals surface area contributed by atoms with E-state index in [1.54, 1.807) is 0 Å². The van der Waals surface area contributed by atoms with Crippen molar-refractivity contribution in [2.24, 2.45) is 5.92 Å². The van der Waals surface area contributed by atoms with Crippen molar-refractivity contribution in [3.05, 3.63) is 0 Å². The second-order valence-electron chi connectivity index (χ2n) is 7.16. The predicted molar refractivity (Wildman–Crippen MR) is 80.4 cm³/mol. The highest BCUT2D eigenvalue weighted by molar-refractivity contribution is 4.92. The topological polar surface area (TPSA) is 18.5 Å². The maximum absolute atomic E-state index is 3.74. The van der Waals surface area contributed by atoms with Crippen molar-refractivity contribution in [1.29, 1.82) is 0 Å².